The van der Waals surface area contributed by atoms with Crippen molar-refractivity contribution in [2.24, 2.45) is 0 Å². The van der Waals surface area contributed by atoms with E-state index >= 15 is 0 Å². The highest BCUT2D eigenvalue weighted by Gasteiger charge is 2.00. The largest absolute Gasteiger partial charge is 0.428 e. The molecule has 0 radical (unpaired) electrons. The lowest BCUT2D eigenvalue weighted by Crippen LogP contribution is -2.14. The summed E-state index contributed by atoms with van der Waals surface area (Å²) in [5.74, 6) is -1.05. The molecule has 0 atom stereocenters. The molecule has 0 N–H and O–H groups in total. The first-order valence-electron chi connectivity index (χ1n) is 2.94. The summed E-state index contributed by atoms with van der Waals surface area (Å²) in [6.45, 7) is 0.739. The second-order valence-corrected chi connectivity index (χ2v) is 1.70. The summed E-state index contributed by atoms with van der Waals surface area (Å²) in [6.07, 6.45) is 0. The Morgan fingerprint density at radius 3 is 2.36 bits per heavy atom. The van der Waals surface area contributed by atoms with Crippen LogP contribution in [-0.4, -0.2) is 32.4 Å². The second kappa shape index (κ2) is 5.67. The Balaban J connectivity index is 3.24. The fourth-order valence-electron chi connectivity index (χ4n) is 0.338. The zero-order valence-electron chi connectivity index (χ0n) is 6.46. The van der Waals surface area contributed by atoms with Crippen LogP contribution < -0.4 is 0 Å². The Hall–Kier alpha value is -1.10. The van der Waals surface area contributed by atoms with E-state index < -0.39 is 11.9 Å². The van der Waals surface area contributed by atoms with Crippen molar-refractivity contribution in [3.05, 3.63) is 0 Å². The molecule has 0 aliphatic rings. The van der Waals surface area contributed by atoms with Gasteiger partial charge in [-0.15, -0.1) is 0 Å². The fourth-order valence-corrected chi connectivity index (χ4v) is 0.338. The van der Waals surface area contributed by atoms with Gasteiger partial charge >= 0.3 is 11.9 Å². The van der Waals surface area contributed by atoms with E-state index in [9.17, 15) is 9.59 Å². The van der Waals surface area contributed by atoms with Crippen LogP contribution in [0.5, 0.6) is 0 Å². The number of carbonyl (C=O) groups is 2. The maximum atomic E-state index is 10.5. The number of carbonyl (C=O) groups excluding carboxylic acids is 2. The molecule has 0 spiro atoms. The van der Waals surface area contributed by atoms with Gasteiger partial charge in [0.15, 0.2) is 0 Å². The number of hydrogen-bond acceptors (Lipinski definition) is 5. The normalized spacial score (nSPS) is 8.91. The molecule has 64 valence electrons. The van der Waals surface area contributed by atoms with Crippen molar-refractivity contribution in [1.82, 2.24) is 0 Å². The Kier molecular flexibility index (Phi) is 5.10. The molecule has 0 aliphatic heterocycles. The highest BCUT2D eigenvalue weighted by molar-refractivity contribution is 5.71. The minimum absolute atomic E-state index is 0.138. The lowest BCUT2D eigenvalue weighted by atomic mass is 10.7. The van der Waals surface area contributed by atoms with E-state index in [1.54, 1.807) is 0 Å². The summed E-state index contributed by atoms with van der Waals surface area (Å²) in [7, 11) is 1.37. The third-order valence-corrected chi connectivity index (χ3v) is 0.744. The molecule has 0 aromatic heterocycles. The number of rotatable bonds is 4. The van der Waals surface area contributed by atoms with Crippen LogP contribution in [0.2, 0.25) is 0 Å². The van der Waals surface area contributed by atoms with Gasteiger partial charge in [0.2, 0.25) is 6.79 Å². The van der Waals surface area contributed by atoms with Crippen LogP contribution >= 0.6 is 0 Å². The van der Waals surface area contributed by atoms with Crippen molar-refractivity contribution in [1.29, 1.82) is 0 Å². The van der Waals surface area contributed by atoms with E-state index in [0.717, 1.165) is 0 Å². The third kappa shape index (κ3) is 6.79. The first-order chi connectivity index (χ1) is 5.16. The summed E-state index contributed by atoms with van der Waals surface area (Å²) in [4.78, 5) is 20.6. The smallest absolute Gasteiger partial charge is 0.334 e. The van der Waals surface area contributed by atoms with Crippen LogP contribution in [0.1, 0.15) is 6.92 Å². The van der Waals surface area contributed by atoms with Crippen LogP contribution in [0.3, 0.4) is 0 Å². The predicted octanol–water partition coefficient (Wildman–Crippen LogP) is -0.303. The summed E-state index contributed by atoms with van der Waals surface area (Å²) >= 11 is 0. The topological polar surface area (TPSA) is 61.8 Å². The van der Waals surface area contributed by atoms with E-state index in [0.29, 0.717) is 0 Å². The van der Waals surface area contributed by atoms with E-state index in [-0.39, 0.29) is 13.4 Å². The van der Waals surface area contributed by atoms with Crippen molar-refractivity contribution in [3.63, 3.8) is 0 Å². The maximum Gasteiger partial charge on any atom is 0.334 e. The molecule has 11 heavy (non-hydrogen) atoms. The van der Waals surface area contributed by atoms with Crippen LogP contribution in [0.15, 0.2) is 0 Å². The van der Waals surface area contributed by atoms with Crippen molar-refractivity contribution >= 4 is 11.9 Å². The predicted molar refractivity (Wildman–Crippen MR) is 34.6 cm³/mol. The number of esters is 2. The molecule has 0 aromatic carbocycles. The molecule has 0 heterocycles. The molecule has 0 rings (SSSR count). The van der Waals surface area contributed by atoms with Gasteiger partial charge in [-0.3, -0.25) is 4.79 Å². The lowest BCUT2D eigenvalue weighted by molar-refractivity contribution is -0.168. The van der Waals surface area contributed by atoms with Gasteiger partial charge in [0.05, 0.1) is 0 Å². The molecule has 0 saturated carbocycles. The zero-order valence-corrected chi connectivity index (χ0v) is 6.46. The average Bonchev–Trinajstić information content (AvgIpc) is 1.87. The first kappa shape index (κ1) is 9.90. The van der Waals surface area contributed by atoms with Gasteiger partial charge in [0, 0.05) is 14.0 Å². The Morgan fingerprint density at radius 2 is 1.91 bits per heavy atom. The van der Waals surface area contributed by atoms with Gasteiger partial charge in [-0.25, -0.2) is 4.79 Å². The SMILES string of the molecule is COCC(=O)OCOC(C)=O. The monoisotopic (exact) mass is 162 g/mol. The van der Waals surface area contributed by atoms with Crippen molar-refractivity contribution in [2.75, 3.05) is 20.5 Å². The number of hydrogen-bond donors (Lipinski definition) is 0. The van der Waals surface area contributed by atoms with Gasteiger partial charge in [-0.05, 0) is 0 Å². The molecule has 0 amide bonds. The molecule has 5 heteroatoms. The molecule has 0 aliphatic carbocycles. The third-order valence-electron chi connectivity index (χ3n) is 0.744. The molecule has 0 saturated heterocycles. The van der Waals surface area contributed by atoms with Gasteiger partial charge in [0.25, 0.3) is 0 Å². The standard InChI is InChI=1S/C6H10O5/c1-5(7)10-4-11-6(8)3-9-2/h3-4H2,1-2H3. The highest BCUT2D eigenvalue weighted by Crippen LogP contribution is 1.82. The molecule has 0 aromatic rings. The molecule has 0 bridgehead atoms. The molecule has 0 unspecified atom stereocenters. The average molecular weight is 162 g/mol. The first-order valence-corrected chi connectivity index (χ1v) is 2.94. The van der Waals surface area contributed by atoms with Crippen molar-refractivity contribution in [2.45, 2.75) is 6.92 Å². The highest BCUT2D eigenvalue weighted by atomic mass is 16.7. The van der Waals surface area contributed by atoms with E-state index in [1.807, 2.05) is 0 Å². The fraction of sp³-hybridized carbons (Fsp3) is 0.667. The number of ether oxygens (including phenoxy) is 3. The Morgan fingerprint density at radius 1 is 1.27 bits per heavy atom. The lowest BCUT2D eigenvalue weighted by Gasteiger charge is -2.02. The van der Waals surface area contributed by atoms with Crippen LogP contribution in [0.25, 0.3) is 0 Å². The summed E-state index contributed by atoms with van der Waals surface area (Å²) in [5.41, 5.74) is 0. The van der Waals surface area contributed by atoms with E-state index in [2.05, 4.69) is 14.2 Å². The zero-order chi connectivity index (χ0) is 8.69. The minimum atomic E-state index is -0.561. The molecule has 5 nitrogen and oxygen atoms in total. The van der Waals surface area contributed by atoms with E-state index in [4.69, 9.17) is 0 Å². The minimum Gasteiger partial charge on any atom is -0.428 e. The van der Waals surface area contributed by atoms with Gasteiger partial charge in [-0.2, -0.15) is 0 Å². The Labute approximate surface area is 64.2 Å². The molecule has 0 fully saturated rings. The maximum absolute atomic E-state index is 10.5. The van der Waals surface area contributed by atoms with Gasteiger partial charge in [0.1, 0.15) is 6.61 Å². The molecular formula is C6H10O5. The van der Waals surface area contributed by atoms with Crippen LogP contribution in [0, 0.1) is 0 Å². The van der Waals surface area contributed by atoms with Crippen molar-refractivity contribution < 1.29 is 23.8 Å². The van der Waals surface area contributed by atoms with Gasteiger partial charge < -0.3 is 14.2 Å². The van der Waals surface area contributed by atoms with Crippen LogP contribution in [-0.2, 0) is 23.8 Å². The van der Waals surface area contributed by atoms with Crippen LogP contribution in [0.4, 0.5) is 0 Å². The van der Waals surface area contributed by atoms with Crippen molar-refractivity contribution in [3.8, 4) is 0 Å². The second-order valence-electron chi connectivity index (χ2n) is 1.70. The van der Waals surface area contributed by atoms with E-state index in [1.165, 1.54) is 14.0 Å². The Bertz CT molecular complexity index is 142. The van der Waals surface area contributed by atoms with Gasteiger partial charge in [-0.1, -0.05) is 0 Å². The quantitative estimate of drug-likeness (QED) is 0.419. The molecular weight excluding hydrogens is 152 g/mol. The summed E-state index contributed by atoms with van der Waals surface area (Å²) < 4.78 is 13.2. The summed E-state index contributed by atoms with van der Waals surface area (Å²) in [6, 6.07) is 0. The number of methoxy groups -OCH3 is 1. The summed E-state index contributed by atoms with van der Waals surface area (Å²) in [5, 5.41) is 0.